The Bertz CT molecular complexity index is 3420. The number of hydrogen-bond donors (Lipinski definition) is 5. The van der Waals surface area contributed by atoms with E-state index in [2.05, 4.69) is 47.4 Å². The summed E-state index contributed by atoms with van der Waals surface area (Å²) in [6.07, 6.45) is 1.86. The van der Waals surface area contributed by atoms with E-state index in [1.165, 1.54) is 0 Å². The van der Waals surface area contributed by atoms with Gasteiger partial charge in [0, 0.05) is 157 Å². The summed E-state index contributed by atoms with van der Waals surface area (Å²) in [5.74, 6) is -2.06. The fourth-order valence-corrected chi connectivity index (χ4v) is 12.2. The summed E-state index contributed by atoms with van der Waals surface area (Å²) in [6.45, 7) is 50.7. The van der Waals surface area contributed by atoms with Gasteiger partial charge >= 0.3 is 151 Å². The first-order chi connectivity index (χ1) is 62.7. The van der Waals surface area contributed by atoms with Crippen LogP contribution in [0.15, 0.2) is 60.7 Å². The molecule has 2 saturated heterocycles. The zero-order valence-electron chi connectivity index (χ0n) is 85.9. The number of amides is 4. The molecular formula is C93H163BrK2N12O27. The van der Waals surface area contributed by atoms with Gasteiger partial charge in [0.25, 0.3) is 6.47 Å². The molecule has 0 bridgehead atoms. The number of esters is 6. The van der Waals surface area contributed by atoms with Crippen LogP contribution < -0.4 is 135 Å². The molecule has 2 aliphatic heterocycles. The molecule has 766 valence electrons. The summed E-state index contributed by atoms with van der Waals surface area (Å²) in [7, 11) is 0. The van der Waals surface area contributed by atoms with Gasteiger partial charge in [0.15, 0.2) is 0 Å². The first-order valence-electron chi connectivity index (χ1n) is 46.0. The van der Waals surface area contributed by atoms with Crippen molar-refractivity contribution in [1.82, 2.24) is 60.9 Å². The predicted molar refractivity (Wildman–Crippen MR) is 504 cm³/mol. The number of benzene rings is 2. The zero-order valence-corrected chi connectivity index (χ0v) is 92.7. The van der Waals surface area contributed by atoms with Gasteiger partial charge in [-0.25, -0.2) is 9.59 Å². The summed E-state index contributed by atoms with van der Waals surface area (Å²) in [5, 5.41) is 23.3. The third kappa shape index (κ3) is 85.8. The Hall–Kier alpha value is -4.64. The number of carbonyl (C=O) groups excluding carboxylic acids is 11. The molecule has 5 N–H and O–H groups in total. The van der Waals surface area contributed by atoms with Gasteiger partial charge in [0.2, 0.25) is 11.8 Å². The molecule has 2 heterocycles. The molecule has 135 heavy (non-hydrogen) atoms. The second-order valence-corrected chi connectivity index (χ2v) is 37.9. The number of hydrogen-bond acceptors (Lipinski definition) is 35. The quantitative estimate of drug-likeness (QED) is 0.00810. The number of nitrogens with one attached hydrogen (secondary N) is 5. The van der Waals surface area contributed by atoms with Gasteiger partial charge in [0.1, 0.15) is 46.8 Å². The van der Waals surface area contributed by atoms with Crippen LogP contribution in [0.1, 0.15) is 163 Å². The molecule has 0 unspecified atom stereocenters. The third-order valence-electron chi connectivity index (χ3n) is 17.7. The molecule has 4 rings (SSSR count). The first kappa shape index (κ1) is 132. The Morgan fingerprint density at radius 1 is 0.333 bits per heavy atom. The maximum Gasteiger partial charge on any atom is 1.00 e. The molecule has 2 fully saturated rings. The molecule has 2 aliphatic rings. The van der Waals surface area contributed by atoms with Gasteiger partial charge in [-0.05, 0) is 161 Å². The van der Waals surface area contributed by atoms with E-state index in [1.54, 1.807) is 0 Å². The van der Waals surface area contributed by atoms with Crippen molar-refractivity contribution in [3.05, 3.63) is 71.8 Å². The van der Waals surface area contributed by atoms with Gasteiger partial charge < -0.3 is 104 Å². The Morgan fingerprint density at radius 3 is 0.763 bits per heavy atom. The van der Waals surface area contributed by atoms with Crippen LogP contribution in [0.4, 0.5) is 9.59 Å². The number of alkyl halides is 1. The summed E-state index contributed by atoms with van der Waals surface area (Å²) in [5.41, 5.74) is -1.70. The molecule has 0 radical (unpaired) electrons. The number of nitrogens with zero attached hydrogens (tertiary/aromatic N) is 7. The fourth-order valence-electron chi connectivity index (χ4n) is 12.0. The van der Waals surface area contributed by atoms with Crippen LogP contribution in [0.25, 0.3) is 0 Å². The minimum Gasteiger partial charge on any atom is -1.00 e. The second kappa shape index (κ2) is 77.9. The molecule has 2 aromatic rings. The summed E-state index contributed by atoms with van der Waals surface area (Å²) >= 11 is 3.08. The van der Waals surface area contributed by atoms with Crippen LogP contribution in [-0.2, 0) is 128 Å². The SMILES string of the molecule is CC(C)(C)OC(=O)CN1CCN(CC(=O)NCCCOCCOCCOCCCNC(=O)OCc2ccccc2)CCN(CC(=O)OC(C)(C)C)CCN(CC(=O)OC(C)(C)C)CC1.CC(C)(C)OC(=O)CN1CCNCCN(CC(=O)OC(C)(C)C)CCN(CC(=O)OC(C)(C)C)CC1.O=C(CBr)NCCCOCCOCCOCCCNC(=O)OCc1ccccc1.O=CO[O-].[H-].[K+].[K+]. The molecule has 39 nitrogen and oxygen atoms in total. The molecule has 0 aromatic heterocycles. The van der Waals surface area contributed by atoms with Crippen LogP contribution in [0.3, 0.4) is 0 Å². The number of alkyl carbamates (subject to hydrolysis) is 2. The fraction of sp³-hybridized carbons (Fsp3) is 0.753. The Labute approximate surface area is 898 Å². The largest absolute Gasteiger partial charge is 1.00 e. The third-order valence-corrected chi connectivity index (χ3v) is 18.2. The van der Waals surface area contributed by atoms with Crippen LogP contribution in [-0.4, -0.2) is 396 Å². The molecule has 4 amide bonds. The Kier molecular flexibility index (Phi) is 76.4. The van der Waals surface area contributed by atoms with E-state index in [1.807, 2.05) is 220 Å². The van der Waals surface area contributed by atoms with Crippen LogP contribution in [0.5, 0.6) is 0 Å². The van der Waals surface area contributed by atoms with Gasteiger partial charge in [-0.1, -0.05) is 76.6 Å². The maximum absolute atomic E-state index is 13.2. The average molecular weight is 2040 g/mol. The molecule has 0 spiro atoms. The zero-order chi connectivity index (χ0) is 99.4. The van der Waals surface area contributed by atoms with Crippen LogP contribution in [0.2, 0.25) is 0 Å². The van der Waals surface area contributed by atoms with E-state index in [0.29, 0.717) is 235 Å². The van der Waals surface area contributed by atoms with Crippen molar-refractivity contribution in [3.8, 4) is 0 Å². The summed E-state index contributed by atoms with van der Waals surface area (Å²) < 4.78 is 76.8. The van der Waals surface area contributed by atoms with Crippen molar-refractivity contribution in [2.24, 2.45) is 0 Å². The molecular weight excluding hydrogens is 1880 g/mol. The molecule has 42 heteroatoms. The average Bonchev–Trinajstić information content (AvgIpc) is 0.886. The van der Waals surface area contributed by atoms with Gasteiger partial charge in [-0.15, -0.1) is 0 Å². The molecule has 2 aromatic carbocycles. The van der Waals surface area contributed by atoms with Crippen molar-refractivity contribution in [2.75, 3.05) is 261 Å². The smallest absolute Gasteiger partial charge is 1.00 e. The molecule has 0 atom stereocenters. The van der Waals surface area contributed by atoms with Gasteiger partial charge in [-0.3, -0.25) is 77.5 Å². The Morgan fingerprint density at radius 2 is 0.541 bits per heavy atom. The van der Waals surface area contributed by atoms with Gasteiger partial charge in [-0.2, -0.15) is 0 Å². The van der Waals surface area contributed by atoms with Crippen molar-refractivity contribution in [3.63, 3.8) is 0 Å². The van der Waals surface area contributed by atoms with Crippen molar-refractivity contribution >= 4 is 82.2 Å². The van der Waals surface area contributed by atoms with E-state index in [9.17, 15) is 47.9 Å². The Balaban J connectivity index is -0.00000207. The van der Waals surface area contributed by atoms with E-state index in [0.717, 1.165) is 17.5 Å². The molecule has 0 aliphatic carbocycles. The van der Waals surface area contributed by atoms with E-state index in [-0.39, 0.29) is 217 Å². The minimum absolute atomic E-state index is 0. The second-order valence-electron chi connectivity index (χ2n) is 37.3. The van der Waals surface area contributed by atoms with Crippen LogP contribution in [0, 0.1) is 0 Å². The van der Waals surface area contributed by atoms with Crippen LogP contribution >= 0.6 is 15.9 Å². The van der Waals surface area contributed by atoms with Gasteiger partial charge in [0.05, 0.1) is 104 Å². The van der Waals surface area contributed by atoms with E-state index < -0.39 is 45.8 Å². The number of ether oxygens (including phenoxy) is 14. The van der Waals surface area contributed by atoms with Crippen molar-refractivity contribution < 1.29 is 233 Å². The maximum atomic E-state index is 13.2. The summed E-state index contributed by atoms with van der Waals surface area (Å²) in [6, 6.07) is 19.0. The van der Waals surface area contributed by atoms with Crippen molar-refractivity contribution in [2.45, 2.75) is 197 Å². The topological polar surface area (TPSA) is 432 Å². The number of carbonyl (C=O) groups is 11. The van der Waals surface area contributed by atoms with Crippen molar-refractivity contribution in [1.29, 1.82) is 0 Å². The number of rotatable bonds is 48. The minimum atomic E-state index is -0.646. The van der Waals surface area contributed by atoms with E-state index >= 15 is 0 Å². The monoisotopic (exact) mass is 2040 g/mol. The first-order valence-corrected chi connectivity index (χ1v) is 47.1. The summed E-state index contributed by atoms with van der Waals surface area (Å²) in [4.78, 5) is 149. The predicted octanol–water partition coefficient (Wildman–Crippen LogP) is -0.564. The number of halogens is 1. The normalized spacial score (nSPS) is 14.8. The molecule has 0 saturated carbocycles. The van der Waals surface area contributed by atoms with E-state index in [4.69, 9.17) is 76.4 Å². The standard InChI is InChI=1S/C46H80N6O12.C26H50N4O6.C20H31BrN2O6.CH2O3.2K.H/c1-44(2,3)62-40(54)34-50-21-19-49(20-22-51(35-41(55)63-45(4,5)6)24-26-52(25-23-50)36-42(56)64-46(7,8)9)33-39(53)47-17-13-27-58-29-31-60-32-30-59-28-14-18-48-43(57)61-37-38-15-11-10-12-16-38;1-24(2,3)34-21(31)18-28-12-10-27-11-13-29(19-22(32)35-25(4,5)6)15-17-30(16-14-28)20-23(33)36-26(7,8)9;21-16-19(24)22-8-4-10-26-12-14-28-15-13-27-11-5-9-23-20(25)29-17-18-6-2-1-3-7-18;2-1-4-3;;;/h10-12,15-16H,13-14,17-37H2,1-9H3,(H,47,53)(H,48,57);27H,10-20H2,1-9H3;1-3,6-7H,4-5,8-17H2,(H,22,24)(H,23,25);1,3H;;;/q;;;;2*+1;-1/p-1.